The molecule has 0 fully saturated rings. The van der Waals surface area contributed by atoms with Crippen LogP contribution in [0, 0.1) is 5.82 Å². The van der Waals surface area contributed by atoms with Gasteiger partial charge in [-0.05, 0) is 47.4 Å². The monoisotopic (exact) mass is 438 g/mol. The highest BCUT2D eigenvalue weighted by Gasteiger charge is 2.31. The van der Waals surface area contributed by atoms with Gasteiger partial charge in [0.2, 0.25) is 10.0 Å². The lowest BCUT2D eigenvalue weighted by Crippen LogP contribution is -2.36. The van der Waals surface area contributed by atoms with Crippen molar-refractivity contribution in [2.75, 3.05) is 6.54 Å². The van der Waals surface area contributed by atoms with E-state index in [9.17, 15) is 17.6 Å². The van der Waals surface area contributed by atoms with Crippen LogP contribution in [0.2, 0.25) is 0 Å². The Balaban J connectivity index is 1.55. The molecule has 0 amide bonds. The summed E-state index contributed by atoms with van der Waals surface area (Å²) in [7, 11) is -3.88. The zero-order chi connectivity index (χ0) is 21.6. The number of pyridine rings is 1. The zero-order valence-electron chi connectivity index (χ0n) is 16.5. The van der Waals surface area contributed by atoms with Crippen LogP contribution in [0.25, 0.3) is 5.65 Å². The molecular weight excluding hydrogens is 419 g/mol. The number of sulfonamides is 1. The van der Waals surface area contributed by atoms with Crippen LogP contribution >= 0.6 is 0 Å². The number of nitrogens with zero attached hydrogens (tertiary/aromatic N) is 4. The van der Waals surface area contributed by atoms with E-state index < -0.39 is 21.5 Å². The number of hydrogen-bond donors (Lipinski definition) is 0. The van der Waals surface area contributed by atoms with Crippen LogP contribution < -0.4 is 5.69 Å². The van der Waals surface area contributed by atoms with Gasteiger partial charge in [0.1, 0.15) is 10.7 Å². The summed E-state index contributed by atoms with van der Waals surface area (Å²) in [5, 5.41) is 4.28. The Bertz CT molecular complexity index is 1460. The second-order valence-corrected chi connectivity index (χ2v) is 9.40. The number of benzene rings is 2. The van der Waals surface area contributed by atoms with E-state index in [-0.39, 0.29) is 23.6 Å². The first-order valence-corrected chi connectivity index (χ1v) is 11.3. The van der Waals surface area contributed by atoms with Gasteiger partial charge in [-0.15, -0.1) is 5.10 Å². The van der Waals surface area contributed by atoms with E-state index in [2.05, 4.69) is 5.10 Å². The van der Waals surface area contributed by atoms with Gasteiger partial charge in [-0.25, -0.2) is 26.7 Å². The van der Waals surface area contributed by atoms with Crippen molar-refractivity contribution in [2.45, 2.75) is 24.4 Å². The van der Waals surface area contributed by atoms with Gasteiger partial charge in [0.05, 0.1) is 6.54 Å². The predicted octanol–water partition coefficient (Wildman–Crippen LogP) is 2.43. The van der Waals surface area contributed by atoms with Crippen molar-refractivity contribution < 1.29 is 12.8 Å². The SMILES string of the molecule is O=c1n(Cc2cccc(F)c2)nc2c(S(=O)(=O)N3CCc4ccccc4C3)cccn12. The second kappa shape index (κ2) is 7.44. The molecule has 0 aliphatic carbocycles. The van der Waals surface area contributed by atoms with Gasteiger partial charge in [-0.2, -0.15) is 4.31 Å². The number of fused-ring (bicyclic) bond motifs is 2. The number of halogens is 1. The number of rotatable bonds is 4. The van der Waals surface area contributed by atoms with E-state index in [1.807, 2.05) is 24.3 Å². The van der Waals surface area contributed by atoms with Crippen LogP contribution in [0.3, 0.4) is 0 Å². The van der Waals surface area contributed by atoms with Gasteiger partial charge in [0.15, 0.2) is 5.65 Å². The third-order valence-electron chi connectivity index (χ3n) is 5.51. The van der Waals surface area contributed by atoms with Crippen molar-refractivity contribution in [1.29, 1.82) is 0 Å². The molecule has 0 spiro atoms. The van der Waals surface area contributed by atoms with Crippen LogP contribution in [0.15, 0.2) is 76.6 Å². The molecule has 31 heavy (non-hydrogen) atoms. The Morgan fingerprint density at radius 1 is 1.00 bits per heavy atom. The first-order valence-electron chi connectivity index (χ1n) is 9.83. The Morgan fingerprint density at radius 2 is 1.81 bits per heavy atom. The van der Waals surface area contributed by atoms with Gasteiger partial charge in [0, 0.05) is 19.3 Å². The molecule has 3 heterocycles. The highest BCUT2D eigenvalue weighted by atomic mass is 32.2. The lowest BCUT2D eigenvalue weighted by molar-refractivity contribution is 0.391. The fourth-order valence-electron chi connectivity index (χ4n) is 3.94. The summed E-state index contributed by atoms with van der Waals surface area (Å²) in [5.41, 5.74) is 2.24. The van der Waals surface area contributed by atoms with Crippen molar-refractivity contribution in [3.63, 3.8) is 0 Å². The van der Waals surface area contributed by atoms with Crippen LogP contribution in [0.1, 0.15) is 16.7 Å². The van der Waals surface area contributed by atoms with Crippen molar-refractivity contribution in [2.24, 2.45) is 0 Å². The van der Waals surface area contributed by atoms with Crippen molar-refractivity contribution >= 4 is 15.7 Å². The first-order chi connectivity index (χ1) is 14.9. The van der Waals surface area contributed by atoms with E-state index in [1.54, 1.807) is 12.1 Å². The van der Waals surface area contributed by atoms with Crippen LogP contribution in [0.4, 0.5) is 4.39 Å². The zero-order valence-corrected chi connectivity index (χ0v) is 17.3. The molecule has 7 nitrogen and oxygen atoms in total. The van der Waals surface area contributed by atoms with Gasteiger partial charge in [-0.1, -0.05) is 36.4 Å². The molecule has 0 radical (unpaired) electrons. The summed E-state index contributed by atoms with van der Waals surface area (Å²) in [4.78, 5) is 12.8. The summed E-state index contributed by atoms with van der Waals surface area (Å²) in [6.45, 7) is 0.664. The smallest absolute Gasteiger partial charge is 0.249 e. The molecule has 0 N–H and O–H groups in total. The molecule has 0 bridgehead atoms. The van der Waals surface area contributed by atoms with Gasteiger partial charge in [-0.3, -0.25) is 0 Å². The van der Waals surface area contributed by atoms with E-state index in [1.165, 1.54) is 39.2 Å². The van der Waals surface area contributed by atoms with Gasteiger partial charge >= 0.3 is 5.69 Å². The molecule has 5 rings (SSSR count). The van der Waals surface area contributed by atoms with Gasteiger partial charge in [0.25, 0.3) is 0 Å². The minimum atomic E-state index is -3.88. The molecule has 1 aliphatic heterocycles. The van der Waals surface area contributed by atoms with Crippen LogP contribution in [-0.2, 0) is 29.5 Å². The minimum absolute atomic E-state index is 0.0236. The highest BCUT2D eigenvalue weighted by molar-refractivity contribution is 7.89. The minimum Gasteiger partial charge on any atom is -0.249 e. The molecule has 0 atom stereocenters. The first kappa shape index (κ1) is 19.7. The molecular formula is C22H19FN4O3S. The Morgan fingerprint density at radius 3 is 2.61 bits per heavy atom. The standard InChI is InChI=1S/C22H19FN4O3S/c23-19-8-3-5-16(13-19)14-27-22(28)26-11-4-9-20(21(26)24-27)31(29,30)25-12-10-17-6-1-2-7-18(17)15-25/h1-9,11,13H,10,12,14-15H2. The van der Waals surface area contributed by atoms with Crippen LogP contribution in [0.5, 0.6) is 0 Å². The van der Waals surface area contributed by atoms with E-state index in [0.29, 0.717) is 18.5 Å². The maximum atomic E-state index is 13.5. The molecule has 158 valence electrons. The average molecular weight is 438 g/mol. The number of hydrogen-bond acceptors (Lipinski definition) is 4. The third kappa shape index (κ3) is 3.45. The summed E-state index contributed by atoms with van der Waals surface area (Å²) in [5.74, 6) is -0.414. The Labute approximate surface area is 178 Å². The lowest BCUT2D eigenvalue weighted by Gasteiger charge is -2.28. The second-order valence-electron chi connectivity index (χ2n) is 7.49. The van der Waals surface area contributed by atoms with Crippen molar-refractivity contribution in [1.82, 2.24) is 18.5 Å². The quantitative estimate of drug-likeness (QED) is 0.490. The third-order valence-corrected chi connectivity index (χ3v) is 7.37. The summed E-state index contributed by atoms with van der Waals surface area (Å²) < 4.78 is 44.2. The molecule has 9 heteroatoms. The van der Waals surface area contributed by atoms with Crippen LogP contribution in [-0.4, -0.2) is 33.4 Å². The Kier molecular flexibility index (Phi) is 4.71. The molecule has 2 aromatic carbocycles. The van der Waals surface area contributed by atoms with Crippen molar-refractivity contribution in [3.8, 4) is 0 Å². The number of aromatic nitrogens is 3. The summed E-state index contributed by atoms with van der Waals surface area (Å²) in [6, 6.07) is 16.6. The molecule has 4 aromatic rings. The lowest BCUT2D eigenvalue weighted by atomic mass is 10.0. The molecule has 2 aromatic heterocycles. The van der Waals surface area contributed by atoms with E-state index in [0.717, 1.165) is 15.8 Å². The largest absolute Gasteiger partial charge is 0.350 e. The highest BCUT2D eigenvalue weighted by Crippen LogP contribution is 2.26. The maximum absolute atomic E-state index is 13.5. The molecule has 0 saturated carbocycles. The predicted molar refractivity (Wildman–Crippen MR) is 113 cm³/mol. The molecule has 0 saturated heterocycles. The average Bonchev–Trinajstić information content (AvgIpc) is 3.08. The van der Waals surface area contributed by atoms with E-state index in [4.69, 9.17) is 0 Å². The molecule has 0 unspecified atom stereocenters. The summed E-state index contributed by atoms with van der Waals surface area (Å²) >= 11 is 0. The van der Waals surface area contributed by atoms with E-state index >= 15 is 0 Å². The fourth-order valence-corrected chi connectivity index (χ4v) is 5.48. The normalized spacial score (nSPS) is 14.6. The molecule has 1 aliphatic rings. The van der Waals surface area contributed by atoms with Crippen molar-refractivity contribution in [3.05, 3.63) is 99.9 Å². The fraction of sp³-hybridized carbons (Fsp3) is 0.182. The maximum Gasteiger partial charge on any atom is 0.350 e. The Hall–Kier alpha value is -3.30. The van der Waals surface area contributed by atoms with Gasteiger partial charge < -0.3 is 0 Å². The topological polar surface area (TPSA) is 76.7 Å². The summed E-state index contributed by atoms with van der Waals surface area (Å²) in [6.07, 6.45) is 2.11.